The van der Waals surface area contributed by atoms with Crippen LogP contribution in [0.15, 0.2) is 55.2 Å². The minimum Gasteiger partial charge on any atom is -0.459 e. The highest BCUT2D eigenvalue weighted by Crippen LogP contribution is 2.31. The second-order valence-electron chi connectivity index (χ2n) is 7.92. The highest BCUT2D eigenvalue weighted by molar-refractivity contribution is 5.94. The van der Waals surface area contributed by atoms with Crippen molar-refractivity contribution in [2.24, 2.45) is 0 Å². The number of rotatable bonds is 5. The number of esters is 1. The Morgan fingerprint density at radius 2 is 1.80 bits per heavy atom. The first-order chi connectivity index (χ1) is 14.5. The zero-order valence-electron chi connectivity index (χ0n) is 17.9. The van der Waals surface area contributed by atoms with Gasteiger partial charge in [0.15, 0.2) is 0 Å². The van der Waals surface area contributed by atoms with Gasteiger partial charge in [-0.1, -0.05) is 36.9 Å². The first-order valence-corrected chi connectivity index (χ1v) is 10.4. The zero-order chi connectivity index (χ0) is 21.3. The van der Waals surface area contributed by atoms with Crippen molar-refractivity contribution in [2.75, 3.05) is 26.3 Å². The second kappa shape index (κ2) is 8.36. The van der Waals surface area contributed by atoms with Crippen LogP contribution in [-0.4, -0.2) is 47.7 Å². The standard InChI is InChI=1S/C25H28N2O3/c1-17(2)30-25(28)23-15-22-14-21(20-8-6-5-7-9-20)16-27(22)24(18(23)3)19(4)26-10-12-29-13-11-26/h5-9,14-17H,4,10-13H2,1-3H3. The first kappa shape index (κ1) is 20.2. The minimum absolute atomic E-state index is 0.175. The molecule has 0 saturated carbocycles. The lowest BCUT2D eigenvalue weighted by Gasteiger charge is -2.31. The number of pyridine rings is 1. The second-order valence-corrected chi connectivity index (χ2v) is 7.92. The van der Waals surface area contributed by atoms with E-state index < -0.39 is 0 Å². The van der Waals surface area contributed by atoms with Crippen molar-refractivity contribution in [1.29, 1.82) is 0 Å². The zero-order valence-corrected chi connectivity index (χ0v) is 17.9. The van der Waals surface area contributed by atoms with Crippen molar-refractivity contribution >= 4 is 17.2 Å². The predicted octanol–water partition coefficient (Wildman–Crippen LogP) is 4.78. The van der Waals surface area contributed by atoms with Crippen LogP contribution in [0.4, 0.5) is 0 Å². The van der Waals surface area contributed by atoms with Crippen LogP contribution < -0.4 is 0 Å². The predicted molar refractivity (Wildman–Crippen MR) is 120 cm³/mol. The highest BCUT2D eigenvalue weighted by Gasteiger charge is 2.23. The molecular formula is C25H28N2O3. The maximum Gasteiger partial charge on any atom is 0.338 e. The highest BCUT2D eigenvalue weighted by atomic mass is 16.5. The molecule has 0 bridgehead atoms. The van der Waals surface area contributed by atoms with Crippen LogP contribution in [0.2, 0.25) is 0 Å². The molecule has 0 spiro atoms. The Bertz CT molecular complexity index is 1080. The van der Waals surface area contributed by atoms with Crippen molar-refractivity contribution in [1.82, 2.24) is 9.30 Å². The number of nitrogens with zero attached hydrogens (tertiary/aromatic N) is 2. The third-order valence-electron chi connectivity index (χ3n) is 5.48. The summed E-state index contributed by atoms with van der Waals surface area (Å²) in [6.45, 7) is 13.0. The lowest BCUT2D eigenvalue weighted by molar-refractivity contribution is 0.0377. The average molecular weight is 405 g/mol. The van der Waals surface area contributed by atoms with Gasteiger partial charge in [-0.15, -0.1) is 0 Å². The van der Waals surface area contributed by atoms with E-state index in [1.165, 1.54) is 0 Å². The quantitative estimate of drug-likeness (QED) is 0.574. The van der Waals surface area contributed by atoms with Gasteiger partial charge >= 0.3 is 5.97 Å². The molecule has 5 heteroatoms. The van der Waals surface area contributed by atoms with Crippen LogP contribution in [-0.2, 0) is 9.47 Å². The molecule has 1 aliphatic rings. The molecule has 4 rings (SSSR count). The summed E-state index contributed by atoms with van der Waals surface area (Å²) in [6.07, 6.45) is 1.95. The summed E-state index contributed by atoms with van der Waals surface area (Å²) in [5.41, 5.74) is 6.47. The van der Waals surface area contributed by atoms with Crippen LogP contribution in [0.25, 0.3) is 22.3 Å². The molecule has 1 aliphatic heterocycles. The van der Waals surface area contributed by atoms with Gasteiger partial charge in [-0.05, 0) is 44.0 Å². The molecule has 1 aromatic carbocycles. The Morgan fingerprint density at radius 1 is 1.10 bits per heavy atom. The Hall–Kier alpha value is -3.05. The van der Waals surface area contributed by atoms with Gasteiger partial charge < -0.3 is 18.8 Å². The molecule has 3 aromatic rings. The van der Waals surface area contributed by atoms with E-state index in [0.717, 1.165) is 46.7 Å². The number of morpholine rings is 1. The number of hydrogen-bond donors (Lipinski definition) is 0. The summed E-state index contributed by atoms with van der Waals surface area (Å²) in [7, 11) is 0. The van der Waals surface area contributed by atoms with Crippen molar-refractivity contribution in [3.05, 3.63) is 72.1 Å². The topological polar surface area (TPSA) is 43.2 Å². The van der Waals surface area contributed by atoms with Gasteiger partial charge in [-0.3, -0.25) is 0 Å². The van der Waals surface area contributed by atoms with Crippen molar-refractivity contribution in [3.63, 3.8) is 0 Å². The normalized spacial score (nSPS) is 14.3. The summed E-state index contributed by atoms with van der Waals surface area (Å²) in [6, 6.07) is 14.3. The van der Waals surface area contributed by atoms with E-state index in [2.05, 4.69) is 40.3 Å². The van der Waals surface area contributed by atoms with E-state index in [9.17, 15) is 4.79 Å². The van der Waals surface area contributed by atoms with E-state index >= 15 is 0 Å². The Balaban J connectivity index is 1.88. The minimum atomic E-state index is -0.302. The summed E-state index contributed by atoms with van der Waals surface area (Å²) < 4.78 is 13.2. The molecular weight excluding hydrogens is 376 g/mol. The van der Waals surface area contributed by atoms with Crippen molar-refractivity contribution in [2.45, 2.75) is 26.9 Å². The maximum atomic E-state index is 12.9. The number of fused-ring (bicyclic) bond motifs is 1. The Kier molecular flexibility index (Phi) is 5.64. The fourth-order valence-electron chi connectivity index (χ4n) is 3.97. The van der Waals surface area contributed by atoms with Crippen LogP contribution in [0.3, 0.4) is 0 Å². The number of aromatic nitrogens is 1. The first-order valence-electron chi connectivity index (χ1n) is 10.4. The maximum absolute atomic E-state index is 12.9. The molecule has 1 saturated heterocycles. The van der Waals surface area contributed by atoms with Gasteiger partial charge in [0.05, 0.1) is 36.3 Å². The number of hydrogen-bond acceptors (Lipinski definition) is 4. The van der Waals surface area contributed by atoms with Crippen LogP contribution >= 0.6 is 0 Å². The van der Waals surface area contributed by atoms with E-state index in [-0.39, 0.29) is 12.1 Å². The molecule has 0 aliphatic carbocycles. The molecule has 0 unspecified atom stereocenters. The summed E-state index contributed by atoms with van der Waals surface area (Å²) in [5, 5.41) is 0. The lowest BCUT2D eigenvalue weighted by atomic mass is 10.0. The Morgan fingerprint density at radius 3 is 2.47 bits per heavy atom. The molecule has 5 nitrogen and oxygen atoms in total. The van der Waals surface area contributed by atoms with Gasteiger partial charge in [-0.25, -0.2) is 4.79 Å². The fourth-order valence-corrected chi connectivity index (χ4v) is 3.97. The smallest absolute Gasteiger partial charge is 0.338 e. The van der Waals surface area contributed by atoms with Gasteiger partial charge in [0.25, 0.3) is 0 Å². The third kappa shape index (κ3) is 3.85. The van der Waals surface area contributed by atoms with Gasteiger partial charge in [-0.2, -0.15) is 0 Å². The molecule has 1 fully saturated rings. The molecule has 156 valence electrons. The van der Waals surface area contributed by atoms with E-state index in [0.29, 0.717) is 18.8 Å². The molecule has 0 amide bonds. The lowest BCUT2D eigenvalue weighted by Crippen LogP contribution is -2.35. The third-order valence-corrected chi connectivity index (χ3v) is 5.48. The van der Waals surface area contributed by atoms with E-state index in [1.807, 2.05) is 45.0 Å². The summed E-state index contributed by atoms with van der Waals surface area (Å²) in [5.74, 6) is -0.302. The van der Waals surface area contributed by atoms with Crippen molar-refractivity contribution < 1.29 is 14.3 Å². The van der Waals surface area contributed by atoms with Crippen LogP contribution in [0.5, 0.6) is 0 Å². The number of carbonyl (C=O) groups is 1. The molecule has 3 heterocycles. The molecule has 0 radical (unpaired) electrons. The fraction of sp³-hybridized carbons (Fsp3) is 0.320. The summed E-state index contributed by atoms with van der Waals surface area (Å²) in [4.78, 5) is 15.1. The molecule has 0 N–H and O–H groups in total. The number of ether oxygens (including phenoxy) is 2. The van der Waals surface area contributed by atoms with Crippen LogP contribution in [0.1, 0.15) is 35.5 Å². The molecule has 0 atom stereocenters. The van der Waals surface area contributed by atoms with Gasteiger partial charge in [0.1, 0.15) is 0 Å². The molecule has 2 aromatic heterocycles. The van der Waals surface area contributed by atoms with Gasteiger partial charge in [0.2, 0.25) is 0 Å². The average Bonchev–Trinajstić information content (AvgIpc) is 3.17. The SMILES string of the molecule is C=C(c1c(C)c(C(=O)OC(C)C)cc2cc(-c3ccccc3)cn12)N1CCOCC1. The van der Waals surface area contributed by atoms with E-state index in [4.69, 9.17) is 9.47 Å². The van der Waals surface area contributed by atoms with Crippen LogP contribution in [0, 0.1) is 6.92 Å². The monoisotopic (exact) mass is 404 g/mol. The van der Waals surface area contributed by atoms with E-state index in [1.54, 1.807) is 0 Å². The van der Waals surface area contributed by atoms with Gasteiger partial charge in [0, 0.05) is 30.4 Å². The Labute approximate surface area is 177 Å². The summed E-state index contributed by atoms with van der Waals surface area (Å²) >= 11 is 0. The molecule has 30 heavy (non-hydrogen) atoms. The van der Waals surface area contributed by atoms with Crippen molar-refractivity contribution in [3.8, 4) is 11.1 Å². The largest absolute Gasteiger partial charge is 0.459 e. The number of benzene rings is 1. The number of carbonyl (C=O) groups excluding carboxylic acids is 1.